The summed E-state index contributed by atoms with van der Waals surface area (Å²) in [5, 5.41) is 5.49. The molecule has 0 spiro atoms. The van der Waals surface area contributed by atoms with Gasteiger partial charge in [0, 0.05) is 17.5 Å². The van der Waals surface area contributed by atoms with Crippen LogP contribution in [0.2, 0.25) is 0 Å². The molecular weight excluding hydrogens is 370 g/mol. The van der Waals surface area contributed by atoms with Gasteiger partial charge in [-0.2, -0.15) is 0 Å². The minimum atomic E-state index is -0.187. The van der Waals surface area contributed by atoms with Crippen molar-refractivity contribution in [2.75, 3.05) is 26.5 Å². The second kappa shape index (κ2) is 9.30. The van der Waals surface area contributed by atoms with Crippen LogP contribution in [0.15, 0.2) is 60.0 Å². The van der Waals surface area contributed by atoms with Crippen molar-refractivity contribution in [3.05, 3.63) is 76.8 Å². The van der Waals surface area contributed by atoms with Crippen molar-refractivity contribution in [3.63, 3.8) is 0 Å². The highest BCUT2D eigenvalue weighted by Gasteiger charge is 2.14. The fourth-order valence-electron chi connectivity index (χ4n) is 2.69. The maximum atomic E-state index is 13.0. The standard InChI is InChI=1S/C22H23N3O2S/c1-25(2)14-18-15-28-22(23-18)24-21(26)20(17-7-5-4-6-8-17)13-16-9-11-19(27-3)12-10-16/h4-13,15H,14H2,1-3H3,(H,23,24,26)/b20-13+. The molecule has 28 heavy (non-hydrogen) atoms. The zero-order valence-electron chi connectivity index (χ0n) is 16.2. The van der Waals surface area contributed by atoms with E-state index >= 15 is 0 Å². The predicted molar refractivity (Wildman–Crippen MR) is 115 cm³/mol. The fraction of sp³-hybridized carbons (Fsp3) is 0.182. The topological polar surface area (TPSA) is 54.5 Å². The molecule has 0 fully saturated rings. The molecule has 3 rings (SSSR count). The number of benzene rings is 2. The minimum absolute atomic E-state index is 0.187. The van der Waals surface area contributed by atoms with Crippen molar-refractivity contribution in [2.24, 2.45) is 0 Å². The summed E-state index contributed by atoms with van der Waals surface area (Å²) >= 11 is 1.43. The zero-order chi connectivity index (χ0) is 19.9. The number of hydrogen-bond donors (Lipinski definition) is 1. The van der Waals surface area contributed by atoms with Gasteiger partial charge in [0.1, 0.15) is 5.75 Å². The lowest BCUT2D eigenvalue weighted by atomic mass is 10.0. The van der Waals surface area contributed by atoms with Gasteiger partial charge in [-0.3, -0.25) is 10.1 Å². The molecule has 5 nitrogen and oxygen atoms in total. The van der Waals surface area contributed by atoms with E-state index in [1.54, 1.807) is 7.11 Å². The lowest BCUT2D eigenvalue weighted by Crippen LogP contribution is -2.14. The van der Waals surface area contributed by atoms with Crippen molar-refractivity contribution in [2.45, 2.75) is 6.54 Å². The Hall–Kier alpha value is -2.96. The van der Waals surface area contributed by atoms with Crippen molar-refractivity contribution in [1.29, 1.82) is 0 Å². The summed E-state index contributed by atoms with van der Waals surface area (Å²) in [4.78, 5) is 19.6. The van der Waals surface area contributed by atoms with Crippen LogP contribution in [0.3, 0.4) is 0 Å². The molecule has 0 aliphatic rings. The number of amides is 1. The molecule has 1 aromatic heterocycles. The molecule has 1 amide bonds. The van der Waals surface area contributed by atoms with Gasteiger partial charge < -0.3 is 9.64 Å². The van der Waals surface area contributed by atoms with Crippen LogP contribution in [0.25, 0.3) is 11.6 Å². The number of ether oxygens (including phenoxy) is 1. The summed E-state index contributed by atoms with van der Waals surface area (Å²) in [6.07, 6.45) is 1.87. The van der Waals surface area contributed by atoms with Crippen LogP contribution < -0.4 is 10.1 Å². The Morgan fingerprint density at radius 2 is 1.86 bits per heavy atom. The molecule has 2 aromatic carbocycles. The molecule has 0 unspecified atom stereocenters. The SMILES string of the molecule is COc1ccc(/C=C(/C(=O)Nc2nc(CN(C)C)cs2)c2ccccc2)cc1. The lowest BCUT2D eigenvalue weighted by Gasteiger charge is -2.09. The summed E-state index contributed by atoms with van der Waals surface area (Å²) < 4.78 is 5.20. The van der Waals surface area contributed by atoms with E-state index in [0.29, 0.717) is 10.7 Å². The molecule has 1 N–H and O–H groups in total. The number of aromatic nitrogens is 1. The van der Waals surface area contributed by atoms with Gasteiger partial charge >= 0.3 is 0 Å². The average molecular weight is 394 g/mol. The Labute approximate surface area is 169 Å². The maximum absolute atomic E-state index is 13.0. The van der Waals surface area contributed by atoms with E-state index in [4.69, 9.17) is 4.74 Å². The third kappa shape index (κ3) is 5.28. The third-order valence-corrected chi connectivity index (χ3v) is 4.81. The normalized spacial score (nSPS) is 11.5. The van der Waals surface area contributed by atoms with E-state index in [9.17, 15) is 4.79 Å². The molecule has 1 heterocycles. The van der Waals surface area contributed by atoms with Gasteiger partial charge in [-0.05, 0) is 43.4 Å². The molecule has 0 atom stereocenters. The van der Waals surface area contributed by atoms with Crippen LogP contribution in [0.5, 0.6) is 5.75 Å². The average Bonchev–Trinajstić information content (AvgIpc) is 3.13. The van der Waals surface area contributed by atoms with E-state index < -0.39 is 0 Å². The number of anilines is 1. The Balaban J connectivity index is 1.87. The predicted octanol–water partition coefficient (Wildman–Crippen LogP) is 4.39. The van der Waals surface area contributed by atoms with Crippen molar-refractivity contribution in [3.8, 4) is 5.75 Å². The number of nitrogens with one attached hydrogen (secondary N) is 1. The van der Waals surface area contributed by atoms with Gasteiger partial charge in [0.25, 0.3) is 5.91 Å². The molecule has 0 bridgehead atoms. The second-order valence-corrected chi connectivity index (χ2v) is 7.39. The van der Waals surface area contributed by atoms with E-state index in [-0.39, 0.29) is 5.91 Å². The number of nitrogens with zero attached hydrogens (tertiary/aromatic N) is 2. The Bertz CT molecular complexity index is 947. The quantitative estimate of drug-likeness (QED) is 0.478. The summed E-state index contributed by atoms with van der Waals surface area (Å²) in [5.74, 6) is 0.590. The zero-order valence-corrected chi connectivity index (χ0v) is 17.0. The first kappa shape index (κ1) is 19.8. The van der Waals surface area contributed by atoms with Crippen LogP contribution in [0.1, 0.15) is 16.8 Å². The smallest absolute Gasteiger partial charge is 0.258 e. The number of rotatable bonds is 7. The first-order valence-corrected chi connectivity index (χ1v) is 9.75. The number of thiazole rings is 1. The molecule has 6 heteroatoms. The molecule has 0 aliphatic carbocycles. The monoisotopic (exact) mass is 393 g/mol. The first-order chi connectivity index (χ1) is 13.5. The number of carbonyl (C=O) groups is 1. The summed E-state index contributed by atoms with van der Waals surface area (Å²) in [6.45, 7) is 0.736. The van der Waals surface area contributed by atoms with Gasteiger partial charge in [0.2, 0.25) is 0 Å². The molecule has 0 aliphatic heterocycles. The number of methoxy groups -OCH3 is 1. The Morgan fingerprint density at radius 3 is 2.50 bits per heavy atom. The van der Waals surface area contributed by atoms with Gasteiger partial charge in [-0.25, -0.2) is 4.98 Å². The van der Waals surface area contributed by atoms with Gasteiger partial charge in [0.05, 0.1) is 12.8 Å². The van der Waals surface area contributed by atoms with Gasteiger partial charge in [-0.1, -0.05) is 42.5 Å². The first-order valence-electron chi connectivity index (χ1n) is 8.87. The molecule has 144 valence electrons. The van der Waals surface area contributed by atoms with Crippen LogP contribution in [-0.2, 0) is 11.3 Å². The largest absolute Gasteiger partial charge is 0.497 e. The van der Waals surface area contributed by atoms with Crippen molar-refractivity contribution < 1.29 is 9.53 Å². The fourth-order valence-corrected chi connectivity index (χ4v) is 3.39. The number of carbonyl (C=O) groups excluding carboxylic acids is 1. The highest BCUT2D eigenvalue weighted by Crippen LogP contribution is 2.23. The summed E-state index contributed by atoms with van der Waals surface area (Å²) in [7, 11) is 5.61. The highest BCUT2D eigenvalue weighted by atomic mass is 32.1. The van der Waals surface area contributed by atoms with Gasteiger partial charge in [0.15, 0.2) is 5.13 Å². The molecule has 0 saturated carbocycles. The Morgan fingerprint density at radius 1 is 1.14 bits per heavy atom. The lowest BCUT2D eigenvalue weighted by molar-refractivity contribution is -0.111. The maximum Gasteiger partial charge on any atom is 0.258 e. The van der Waals surface area contributed by atoms with Crippen LogP contribution >= 0.6 is 11.3 Å². The van der Waals surface area contributed by atoms with E-state index in [1.165, 1.54) is 11.3 Å². The van der Waals surface area contributed by atoms with Crippen LogP contribution in [-0.4, -0.2) is 37.0 Å². The Kier molecular flexibility index (Phi) is 6.57. The third-order valence-electron chi connectivity index (χ3n) is 4.01. The summed E-state index contributed by atoms with van der Waals surface area (Å²) in [6, 6.07) is 17.2. The van der Waals surface area contributed by atoms with Crippen molar-refractivity contribution in [1.82, 2.24) is 9.88 Å². The van der Waals surface area contributed by atoms with E-state index in [1.807, 2.05) is 85.0 Å². The van der Waals surface area contributed by atoms with E-state index in [0.717, 1.165) is 29.1 Å². The summed E-state index contributed by atoms with van der Waals surface area (Å²) in [5.41, 5.74) is 3.28. The highest BCUT2D eigenvalue weighted by molar-refractivity contribution is 7.14. The molecule has 3 aromatic rings. The van der Waals surface area contributed by atoms with Gasteiger partial charge in [-0.15, -0.1) is 11.3 Å². The molecule has 0 radical (unpaired) electrons. The van der Waals surface area contributed by atoms with Crippen LogP contribution in [0.4, 0.5) is 5.13 Å². The van der Waals surface area contributed by atoms with E-state index in [2.05, 4.69) is 10.3 Å². The van der Waals surface area contributed by atoms with Crippen molar-refractivity contribution >= 4 is 34.0 Å². The second-order valence-electron chi connectivity index (χ2n) is 6.53. The molecule has 0 saturated heterocycles. The minimum Gasteiger partial charge on any atom is -0.497 e. The number of hydrogen-bond acceptors (Lipinski definition) is 5. The van der Waals surface area contributed by atoms with Crippen LogP contribution in [0, 0.1) is 0 Å². The molecular formula is C22H23N3O2S.